The Kier molecular flexibility index (Phi) is 10.3. The molecule has 0 atom stereocenters. The van der Waals surface area contributed by atoms with Gasteiger partial charge in [-0.1, -0.05) is 24.3 Å². The number of halogens is 1. The van der Waals surface area contributed by atoms with Gasteiger partial charge in [0.2, 0.25) is 0 Å². The number of hydrogen-bond donors (Lipinski definition) is 1. The van der Waals surface area contributed by atoms with Gasteiger partial charge < -0.3 is 19.7 Å². The maximum absolute atomic E-state index is 13.2. The van der Waals surface area contributed by atoms with Crippen molar-refractivity contribution in [3.05, 3.63) is 103 Å². The van der Waals surface area contributed by atoms with Crippen LogP contribution < -0.4 is 21.3 Å². The van der Waals surface area contributed by atoms with Crippen molar-refractivity contribution in [3.8, 4) is 5.75 Å². The monoisotopic (exact) mass is 586 g/mol. The summed E-state index contributed by atoms with van der Waals surface area (Å²) in [7, 11) is 5.37. The summed E-state index contributed by atoms with van der Waals surface area (Å²) in [6, 6.07) is 13.9. The van der Waals surface area contributed by atoms with Crippen molar-refractivity contribution < 1.29 is 19.1 Å². The largest absolute Gasteiger partial charge is 0.497 e. The molecule has 212 valence electrons. The molecule has 1 amide bonds. The molecule has 10 nitrogen and oxygen atoms in total. The molecule has 2 aromatic carbocycles. The Labute approximate surface area is 241 Å². The van der Waals surface area contributed by atoms with Crippen LogP contribution in [0.25, 0.3) is 4.83 Å². The second kappa shape index (κ2) is 13.4. The van der Waals surface area contributed by atoms with Crippen LogP contribution in [0, 0.1) is 6.92 Å². The van der Waals surface area contributed by atoms with Gasteiger partial charge in [0.15, 0.2) is 0 Å². The Balaban J connectivity index is 0.00000441. The van der Waals surface area contributed by atoms with Gasteiger partial charge in [0.05, 0.1) is 19.2 Å². The molecule has 0 saturated heterocycles. The first-order chi connectivity index (χ1) is 18.7. The smallest absolute Gasteiger partial charge is 0.338 e. The van der Waals surface area contributed by atoms with E-state index in [-0.39, 0.29) is 31.5 Å². The van der Waals surface area contributed by atoms with Crippen molar-refractivity contribution in [1.82, 2.24) is 19.2 Å². The second-order valence-corrected chi connectivity index (χ2v) is 10.3. The maximum Gasteiger partial charge on any atom is 0.338 e. The molecule has 2 heterocycles. The fourth-order valence-corrected chi connectivity index (χ4v) is 4.86. The Bertz CT molecular complexity index is 1610. The van der Waals surface area contributed by atoms with Crippen molar-refractivity contribution >= 4 is 40.5 Å². The Hall–Kier alpha value is -3.93. The van der Waals surface area contributed by atoms with Crippen molar-refractivity contribution in [2.75, 3.05) is 34.4 Å². The molecule has 4 rings (SSSR count). The number of fused-ring (bicyclic) bond motifs is 1. The highest BCUT2D eigenvalue weighted by Crippen LogP contribution is 2.19. The number of carbonyl (C=O) groups excluding carboxylic acids is 2. The quantitative estimate of drug-likeness (QED) is 0.284. The number of benzene rings is 2. The standard InChI is InChI=1S/C28H30N4O6S.ClH/c1-18-25(34)31(16-20-5-9-21(10-6-20)27(35)38-14-13-30(2)3)28(36)32-17-23(39-26(18)32)24(33)29-15-19-7-11-22(37-4)12-8-19;/h5-12,17H,13-16H2,1-4H3,(H,29,33);1H. The highest BCUT2D eigenvalue weighted by molar-refractivity contribution is 7.19. The predicted molar refractivity (Wildman–Crippen MR) is 156 cm³/mol. The Morgan fingerprint density at radius 1 is 1.00 bits per heavy atom. The van der Waals surface area contributed by atoms with Gasteiger partial charge in [-0.3, -0.25) is 18.6 Å². The Morgan fingerprint density at radius 3 is 2.27 bits per heavy atom. The molecule has 0 spiro atoms. The van der Waals surface area contributed by atoms with Crippen LogP contribution >= 0.6 is 23.7 Å². The maximum atomic E-state index is 13.2. The topological polar surface area (TPSA) is 111 Å². The van der Waals surface area contributed by atoms with Crippen LogP contribution in [0.5, 0.6) is 5.75 Å². The summed E-state index contributed by atoms with van der Waals surface area (Å²) >= 11 is 1.09. The molecular weight excluding hydrogens is 556 g/mol. The molecular formula is C28H31ClN4O6S. The molecule has 0 fully saturated rings. The second-order valence-electron chi connectivity index (χ2n) is 9.24. The van der Waals surface area contributed by atoms with Gasteiger partial charge in [0.25, 0.3) is 11.5 Å². The van der Waals surface area contributed by atoms with E-state index in [0.29, 0.717) is 39.5 Å². The number of rotatable bonds is 10. The number of nitrogens with zero attached hydrogens (tertiary/aromatic N) is 3. The molecule has 0 bridgehead atoms. The summed E-state index contributed by atoms with van der Waals surface area (Å²) in [5, 5.41) is 2.84. The Morgan fingerprint density at radius 2 is 1.65 bits per heavy atom. The first kappa shape index (κ1) is 30.6. The van der Waals surface area contributed by atoms with Crippen LogP contribution in [-0.2, 0) is 17.8 Å². The van der Waals surface area contributed by atoms with Gasteiger partial charge in [-0.05, 0) is 56.4 Å². The number of methoxy groups -OCH3 is 1. The van der Waals surface area contributed by atoms with E-state index >= 15 is 0 Å². The highest BCUT2D eigenvalue weighted by atomic mass is 35.5. The molecule has 0 saturated carbocycles. The fraction of sp³-hybridized carbons (Fsp3) is 0.286. The lowest BCUT2D eigenvalue weighted by atomic mass is 10.1. The summed E-state index contributed by atoms with van der Waals surface area (Å²) in [4.78, 5) is 54.0. The van der Waals surface area contributed by atoms with Crippen LogP contribution in [-0.4, -0.2) is 60.1 Å². The number of ether oxygens (including phenoxy) is 2. The highest BCUT2D eigenvalue weighted by Gasteiger charge is 2.18. The lowest BCUT2D eigenvalue weighted by molar-refractivity contribution is 0.0481. The number of carbonyl (C=O) groups is 2. The zero-order valence-electron chi connectivity index (χ0n) is 22.6. The van der Waals surface area contributed by atoms with Crippen molar-refractivity contribution in [2.45, 2.75) is 20.0 Å². The van der Waals surface area contributed by atoms with Crippen molar-refractivity contribution in [1.29, 1.82) is 0 Å². The van der Waals surface area contributed by atoms with Gasteiger partial charge in [-0.25, -0.2) is 9.59 Å². The number of hydrogen-bond acceptors (Lipinski definition) is 8. The van der Waals surface area contributed by atoms with E-state index in [1.54, 1.807) is 38.3 Å². The minimum atomic E-state index is -0.543. The van der Waals surface area contributed by atoms with Gasteiger partial charge >= 0.3 is 11.7 Å². The van der Waals surface area contributed by atoms with Gasteiger partial charge in [-0.15, -0.1) is 23.7 Å². The van der Waals surface area contributed by atoms with Crippen LogP contribution in [0.4, 0.5) is 0 Å². The minimum absolute atomic E-state index is 0. The van der Waals surface area contributed by atoms with Gasteiger partial charge in [0.1, 0.15) is 22.1 Å². The van der Waals surface area contributed by atoms with Crippen LogP contribution in [0.1, 0.15) is 36.7 Å². The van der Waals surface area contributed by atoms with E-state index in [1.807, 2.05) is 43.3 Å². The minimum Gasteiger partial charge on any atom is -0.497 e. The van der Waals surface area contributed by atoms with E-state index in [0.717, 1.165) is 27.2 Å². The average Bonchev–Trinajstić information content (AvgIpc) is 3.39. The first-order valence-electron chi connectivity index (χ1n) is 12.3. The third kappa shape index (κ3) is 6.98. The van der Waals surface area contributed by atoms with E-state index < -0.39 is 17.2 Å². The SMILES string of the molecule is COc1ccc(CNC(=O)c2cn3c(=O)n(Cc4ccc(C(=O)OCCN(C)C)cc4)c(=O)c(C)c3s2)cc1.Cl. The molecule has 2 aromatic heterocycles. The number of thiazole rings is 1. The third-order valence-corrected chi connectivity index (χ3v) is 7.34. The fourth-order valence-electron chi connectivity index (χ4n) is 3.86. The molecule has 1 N–H and O–H groups in total. The predicted octanol–water partition coefficient (Wildman–Crippen LogP) is 2.96. The number of nitrogens with one attached hydrogen (secondary N) is 1. The van der Waals surface area contributed by atoms with Crippen LogP contribution in [0.2, 0.25) is 0 Å². The van der Waals surface area contributed by atoms with E-state index in [1.165, 1.54) is 10.6 Å². The third-order valence-electron chi connectivity index (χ3n) is 6.13. The number of amides is 1. The lowest BCUT2D eigenvalue weighted by Crippen LogP contribution is -2.38. The summed E-state index contributed by atoms with van der Waals surface area (Å²) in [5.74, 6) is -0.0560. The molecule has 0 radical (unpaired) electrons. The summed E-state index contributed by atoms with van der Waals surface area (Å²) < 4.78 is 12.8. The van der Waals surface area contributed by atoms with Gasteiger partial charge in [-0.2, -0.15) is 0 Å². The van der Waals surface area contributed by atoms with E-state index in [2.05, 4.69) is 5.32 Å². The normalized spacial score (nSPS) is 10.8. The van der Waals surface area contributed by atoms with Crippen LogP contribution in [0.3, 0.4) is 0 Å². The summed E-state index contributed by atoms with van der Waals surface area (Å²) in [5.41, 5.74) is 1.35. The molecule has 40 heavy (non-hydrogen) atoms. The van der Waals surface area contributed by atoms with Crippen LogP contribution in [0.15, 0.2) is 64.3 Å². The number of aryl methyl sites for hydroxylation is 1. The molecule has 4 aromatic rings. The first-order valence-corrected chi connectivity index (χ1v) is 13.1. The van der Waals surface area contributed by atoms with Crippen molar-refractivity contribution in [3.63, 3.8) is 0 Å². The zero-order valence-corrected chi connectivity index (χ0v) is 24.3. The lowest BCUT2D eigenvalue weighted by Gasteiger charge is -2.10. The van der Waals surface area contributed by atoms with E-state index in [4.69, 9.17) is 9.47 Å². The average molecular weight is 587 g/mol. The molecule has 12 heteroatoms. The van der Waals surface area contributed by atoms with E-state index in [9.17, 15) is 19.2 Å². The molecule has 0 aliphatic heterocycles. The molecule has 0 aliphatic rings. The molecule has 0 unspecified atom stereocenters. The molecule has 0 aliphatic carbocycles. The number of likely N-dealkylation sites (N-methyl/N-ethyl adjacent to an activating group) is 1. The zero-order chi connectivity index (χ0) is 28.1. The number of esters is 1. The number of aromatic nitrogens is 2. The summed E-state index contributed by atoms with van der Waals surface area (Å²) in [6.07, 6.45) is 1.46. The summed E-state index contributed by atoms with van der Waals surface area (Å²) in [6.45, 7) is 2.85. The van der Waals surface area contributed by atoms with Crippen molar-refractivity contribution in [2.24, 2.45) is 0 Å². The van der Waals surface area contributed by atoms with Gasteiger partial charge in [0, 0.05) is 24.8 Å².